The number of halogens is 1. The molecule has 0 amide bonds. The molecule has 0 aliphatic rings. The molecule has 18 heavy (non-hydrogen) atoms. The molecule has 0 saturated carbocycles. The number of hydrogen-bond acceptors (Lipinski definition) is 3. The highest BCUT2D eigenvalue weighted by Crippen LogP contribution is 2.25. The summed E-state index contributed by atoms with van der Waals surface area (Å²) in [4.78, 5) is 0. The zero-order chi connectivity index (χ0) is 14.0. The maximum atomic E-state index is 11.9. The molecule has 0 spiro atoms. The molecule has 6 heteroatoms. The Morgan fingerprint density at radius 1 is 1.39 bits per heavy atom. The average Bonchev–Trinajstić information content (AvgIpc) is 2.17. The van der Waals surface area contributed by atoms with E-state index >= 15 is 0 Å². The summed E-state index contributed by atoms with van der Waals surface area (Å²) >= 11 is 5.89. The summed E-state index contributed by atoms with van der Waals surface area (Å²) in [6, 6.07) is 6.38. The van der Waals surface area contributed by atoms with E-state index < -0.39 is 10.0 Å². The number of nitrogens with zero attached hydrogens (tertiary/aromatic N) is 1. The fourth-order valence-electron chi connectivity index (χ4n) is 1.45. The van der Waals surface area contributed by atoms with Gasteiger partial charge in [0.1, 0.15) is 0 Å². The molecule has 1 N–H and O–H groups in total. The summed E-state index contributed by atoms with van der Waals surface area (Å²) in [5, 5.41) is 9.04. The minimum atomic E-state index is -3.48. The summed E-state index contributed by atoms with van der Waals surface area (Å²) < 4.78 is 26.2. The van der Waals surface area contributed by atoms with E-state index in [0.29, 0.717) is 5.56 Å². The Labute approximate surface area is 113 Å². The summed E-state index contributed by atoms with van der Waals surface area (Å²) in [6.07, 6.45) is 0. The Balaban J connectivity index is 3.01. The molecule has 0 heterocycles. The van der Waals surface area contributed by atoms with Crippen LogP contribution in [-0.4, -0.2) is 14.2 Å². The van der Waals surface area contributed by atoms with Crippen LogP contribution < -0.4 is 4.72 Å². The van der Waals surface area contributed by atoms with E-state index in [4.69, 9.17) is 16.9 Å². The van der Waals surface area contributed by atoms with Crippen molar-refractivity contribution in [1.82, 2.24) is 0 Å². The standard InChI is InChI=1S/C12H15ClN2O2S/c1-12(2,3)8-18(16,17)15-11-6-9(7-14)4-5-10(11)13/h4-6,15H,8H2,1-3H3. The van der Waals surface area contributed by atoms with Gasteiger partial charge >= 0.3 is 0 Å². The lowest BCUT2D eigenvalue weighted by Crippen LogP contribution is -2.26. The average molecular weight is 287 g/mol. The normalized spacial score (nSPS) is 11.9. The third-order valence-electron chi connectivity index (χ3n) is 1.98. The van der Waals surface area contributed by atoms with Crippen LogP contribution in [0.15, 0.2) is 18.2 Å². The van der Waals surface area contributed by atoms with Gasteiger partial charge in [0.05, 0.1) is 28.1 Å². The monoisotopic (exact) mass is 286 g/mol. The van der Waals surface area contributed by atoms with Crippen molar-refractivity contribution in [3.8, 4) is 6.07 Å². The molecule has 0 unspecified atom stereocenters. The molecule has 1 aromatic carbocycles. The Hall–Kier alpha value is -1.25. The Bertz CT molecular complexity index is 583. The van der Waals surface area contributed by atoms with Crippen molar-refractivity contribution in [3.05, 3.63) is 28.8 Å². The molecule has 0 bridgehead atoms. The lowest BCUT2D eigenvalue weighted by molar-refractivity contribution is 0.463. The lowest BCUT2D eigenvalue weighted by Gasteiger charge is -2.19. The molecular weight excluding hydrogens is 272 g/mol. The van der Waals surface area contributed by atoms with Crippen molar-refractivity contribution < 1.29 is 8.42 Å². The van der Waals surface area contributed by atoms with E-state index in [1.807, 2.05) is 26.8 Å². The Kier molecular flexibility index (Phi) is 4.25. The SMILES string of the molecule is CC(C)(C)CS(=O)(=O)Nc1cc(C#N)ccc1Cl. The van der Waals surface area contributed by atoms with E-state index in [2.05, 4.69) is 4.72 Å². The lowest BCUT2D eigenvalue weighted by atomic mass is 10.0. The maximum absolute atomic E-state index is 11.9. The van der Waals surface area contributed by atoms with E-state index in [-0.39, 0.29) is 21.9 Å². The van der Waals surface area contributed by atoms with Crippen LogP contribution in [0.25, 0.3) is 0 Å². The zero-order valence-electron chi connectivity index (χ0n) is 10.5. The first-order chi connectivity index (χ1) is 8.13. The molecule has 0 aliphatic heterocycles. The predicted octanol–water partition coefficient (Wildman–Crippen LogP) is 3.00. The van der Waals surface area contributed by atoms with Gasteiger partial charge < -0.3 is 0 Å². The van der Waals surface area contributed by atoms with Gasteiger partial charge in [-0.2, -0.15) is 5.26 Å². The van der Waals surface area contributed by atoms with Gasteiger partial charge in [0.25, 0.3) is 0 Å². The van der Waals surface area contributed by atoms with Crippen LogP contribution in [-0.2, 0) is 10.0 Å². The number of nitrogens with one attached hydrogen (secondary N) is 1. The summed E-state index contributed by atoms with van der Waals surface area (Å²) in [5.41, 5.74) is 0.235. The molecule has 0 radical (unpaired) electrons. The summed E-state index contributed by atoms with van der Waals surface area (Å²) in [7, 11) is -3.48. The van der Waals surface area contributed by atoms with Crippen LogP contribution in [0, 0.1) is 16.7 Å². The molecule has 1 rings (SSSR count). The molecule has 1 aromatic rings. The van der Waals surface area contributed by atoms with Gasteiger partial charge in [0.15, 0.2) is 0 Å². The van der Waals surface area contributed by atoms with Crippen LogP contribution in [0.4, 0.5) is 5.69 Å². The number of hydrogen-bond donors (Lipinski definition) is 1. The van der Waals surface area contributed by atoms with E-state index in [1.54, 1.807) is 0 Å². The molecule has 4 nitrogen and oxygen atoms in total. The van der Waals surface area contributed by atoms with Crippen molar-refractivity contribution in [1.29, 1.82) is 5.26 Å². The van der Waals surface area contributed by atoms with Crippen LogP contribution in [0.5, 0.6) is 0 Å². The van der Waals surface area contributed by atoms with Gasteiger partial charge in [-0.05, 0) is 23.6 Å². The fourth-order valence-corrected chi connectivity index (χ4v) is 3.38. The first kappa shape index (κ1) is 14.8. The van der Waals surface area contributed by atoms with E-state index in [1.165, 1.54) is 18.2 Å². The molecule has 0 atom stereocenters. The molecule has 98 valence electrons. The predicted molar refractivity (Wildman–Crippen MR) is 73.0 cm³/mol. The number of anilines is 1. The van der Waals surface area contributed by atoms with Crippen LogP contribution in [0.1, 0.15) is 26.3 Å². The number of sulfonamides is 1. The molecule has 0 aliphatic carbocycles. The van der Waals surface area contributed by atoms with Gasteiger partial charge in [-0.3, -0.25) is 4.72 Å². The molecule has 0 fully saturated rings. The highest BCUT2D eigenvalue weighted by molar-refractivity contribution is 7.92. The zero-order valence-corrected chi connectivity index (χ0v) is 12.1. The summed E-state index contributed by atoms with van der Waals surface area (Å²) in [5.74, 6) is -0.0207. The Morgan fingerprint density at radius 3 is 2.50 bits per heavy atom. The third kappa shape index (κ3) is 4.55. The second-order valence-corrected chi connectivity index (χ2v) is 7.36. The minimum absolute atomic E-state index is 0.0207. The van der Waals surface area contributed by atoms with E-state index in [0.717, 1.165) is 0 Å². The van der Waals surface area contributed by atoms with Gasteiger partial charge in [0.2, 0.25) is 10.0 Å². The first-order valence-corrected chi connectivity index (χ1v) is 7.36. The van der Waals surface area contributed by atoms with Crippen LogP contribution in [0.3, 0.4) is 0 Å². The highest BCUT2D eigenvalue weighted by atomic mass is 35.5. The fraction of sp³-hybridized carbons (Fsp3) is 0.417. The number of nitriles is 1. The van der Waals surface area contributed by atoms with Gasteiger partial charge in [-0.1, -0.05) is 32.4 Å². The van der Waals surface area contributed by atoms with E-state index in [9.17, 15) is 8.42 Å². The van der Waals surface area contributed by atoms with Crippen molar-refractivity contribution in [2.24, 2.45) is 5.41 Å². The largest absolute Gasteiger partial charge is 0.282 e. The molecule has 0 aromatic heterocycles. The Morgan fingerprint density at radius 2 is 2.00 bits per heavy atom. The van der Waals surface area contributed by atoms with Gasteiger partial charge in [-0.25, -0.2) is 8.42 Å². The third-order valence-corrected chi connectivity index (χ3v) is 4.09. The topological polar surface area (TPSA) is 70.0 Å². The van der Waals surface area contributed by atoms with Crippen molar-refractivity contribution in [3.63, 3.8) is 0 Å². The maximum Gasteiger partial charge on any atom is 0.233 e. The number of rotatable bonds is 3. The quantitative estimate of drug-likeness (QED) is 0.928. The van der Waals surface area contributed by atoms with Crippen molar-refractivity contribution in [2.75, 3.05) is 10.5 Å². The molecular formula is C12H15ClN2O2S. The smallest absolute Gasteiger partial charge is 0.233 e. The highest BCUT2D eigenvalue weighted by Gasteiger charge is 2.22. The summed E-state index contributed by atoms with van der Waals surface area (Å²) in [6.45, 7) is 5.50. The van der Waals surface area contributed by atoms with Crippen LogP contribution in [0.2, 0.25) is 5.02 Å². The van der Waals surface area contributed by atoms with Crippen molar-refractivity contribution in [2.45, 2.75) is 20.8 Å². The minimum Gasteiger partial charge on any atom is -0.282 e. The van der Waals surface area contributed by atoms with Gasteiger partial charge in [-0.15, -0.1) is 0 Å². The van der Waals surface area contributed by atoms with Gasteiger partial charge in [0, 0.05) is 0 Å². The first-order valence-electron chi connectivity index (χ1n) is 5.33. The van der Waals surface area contributed by atoms with Crippen molar-refractivity contribution >= 4 is 27.3 Å². The molecule has 0 saturated heterocycles. The number of benzene rings is 1. The second-order valence-electron chi connectivity index (χ2n) is 5.23. The van der Waals surface area contributed by atoms with Crippen LogP contribution >= 0.6 is 11.6 Å². The second kappa shape index (κ2) is 5.17.